The molecule has 0 fully saturated rings. The van der Waals surface area contributed by atoms with Crippen molar-refractivity contribution < 1.29 is 9.53 Å². The van der Waals surface area contributed by atoms with E-state index in [4.69, 9.17) is 4.74 Å². The van der Waals surface area contributed by atoms with E-state index in [1.807, 2.05) is 12.1 Å². The summed E-state index contributed by atoms with van der Waals surface area (Å²) in [5, 5.41) is 2.82. The second-order valence-electron chi connectivity index (χ2n) is 5.37. The molecule has 1 amide bonds. The maximum absolute atomic E-state index is 12.3. The van der Waals surface area contributed by atoms with E-state index in [0.29, 0.717) is 23.5 Å². The van der Waals surface area contributed by atoms with Crippen LogP contribution in [0.3, 0.4) is 0 Å². The van der Waals surface area contributed by atoms with Crippen LogP contribution in [0.15, 0.2) is 71.9 Å². The Morgan fingerprint density at radius 3 is 2.64 bits per heavy atom. The predicted molar refractivity (Wildman–Crippen MR) is 94.0 cm³/mol. The molecule has 0 saturated heterocycles. The number of nitrogens with zero attached hydrogens (tertiary/aromatic N) is 2. The molecule has 6 heteroatoms. The number of carbonyl (C=O) groups excluding carboxylic acids is 1. The average molecular weight is 335 g/mol. The molecule has 126 valence electrons. The second kappa shape index (κ2) is 7.44. The summed E-state index contributed by atoms with van der Waals surface area (Å²) in [5.74, 6) is 0.438. The first kappa shape index (κ1) is 16.4. The topological polar surface area (TPSA) is 73.2 Å². The predicted octanol–water partition coefficient (Wildman–Crippen LogP) is 2.17. The van der Waals surface area contributed by atoms with Gasteiger partial charge in [0.15, 0.2) is 0 Å². The third-order valence-electron chi connectivity index (χ3n) is 3.70. The molecule has 1 aromatic carbocycles. The van der Waals surface area contributed by atoms with Gasteiger partial charge in [-0.25, -0.2) is 0 Å². The number of carbonyl (C=O) groups is 1. The molecule has 25 heavy (non-hydrogen) atoms. The normalized spacial score (nSPS) is 10.3. The zero-order valence-corrected chi connectivity index (χ0v) is 13.7. The lowest BCUT2D eigenvalue weighted by Crippen LogP contribution is -2.25. The molecule has 3 aromatic rings. The molecule has 6 nitrogen and oxygen atoms in total. The van der Waals surface area contributed by atoms with E-state index in [-0.39, 0.29) is 11.5 Å². The maximum atomic E-state index is 12.3. The molecule has 0 bridgehead atoms. The number of ether oxygens (including phenoxy) is 1. The molecule has 0 aliphatic carbocycles. The Bertz CT molecular complexity index is 919. The van der Waals surface area contributed by atoms with Gasteiger partial charge in [-0.2, -0.15) is 0 Å². The molecular weight excluding hydrogens is 318 g/mol. The zero-order chi connectivity index (χ0) is 17.6. The van der Waals surface area contributed by atoms with Crippen molar-refractivity contribution in [3.63, 3.8) is 0 Å². The average Bonchev–Trinajstić information content (AvgIpc) is 2.67. The summed E-state index contributed by atoms with van der Waals surface area (Å²) < 4.78 is 6.54. The van der Waals surface area contributed by atoms with Crippen LogP contribution in [0.2, 0.25) is 0 Å². The summed E-state index contributed by atoms with van der Waals surface area (Å²) in [6.07, 6.45) is 4.90. The van der Waals surface area contributed by atoms with E-state index >= 15 is 0 Å². The summed E-state index contributed by atoms with van der Waals surface area (Å²) in [4.78, 5) is 28.5. The number of hydrogen-bond acceptors (Lipinski definition) is 4. The lowest BCUT2D eigenvalue weighted by molar-refractivity contribution is 0.0950. The molecule has 2 heterocycles. The fourth-order valence-corrected chi connectivity index (χ4v) is 2.35. The van der Waals surface area contributed by atoms with Gasteiger partial charge in [0.2, 0.25) is 0 Å². The first-order valence-corrected chi connectivity index (χ1v) is 7.71. The highest BCUT2D eigenvalue weighted by atomic mass is 16.5. The van der Waals surface area contributed by atoms with Gasteiger partial charge in [-0.3, -0.25) is 19.1 Å². The Balaban J connectivity index is 1.80. The second-order valence-corrected chi connectivity index (χ2v) is 5.37. The lowest BCUT2D eigenvalue weighted by Gasteiger charge is -2.10. The van der Waals surface area contributed by atoms with E-state index in [1.165, 1.54) is 22.9 Å². The highest BCUT2D eigenvalue weighted by Crippen LogP contribution is 2.14. The van der Waals surface area contributed by atoms with Gasteiger partial charge in [0.25, 0.3) is 11.5 Å². The number of hydrogen-bond donors (Lipinski definition) is 1. The van der Waals surface area contributed by atoms with Gasteiger partial charge in [0.05, 0.1) is 12.7 Å². The first-order chi connectivity index (χ1) is 12.2. The van der Waals surface area contributed by atoms with Crippen molar-refractivity contribution >= 4 is 5.91 Å². The van der Waals surface area contributed by atoms with Crippen molar-refractivity contribution in [2.24, 2.45) is 0 Å². The number of benzene rings is 1. The molecule has 0 spiro atoms. The Morgan fingerprint density at radius 2 is 1.96 bits per heavy atom. The smallest absolute Gasteiger partial charge is 0.255 e. The Kier molecular flexibility index (Phi) is 4.89. The third-order valence-corrected chi connectivity index (χ3v) is 3.70. The molecule has 0 unspecified atom stereocenters. The standard InChI is InChI=1S/C19H17N3O3/c1-25-17-7-5-16(6-8-17)22-13-15(4-9-18(22)23)19(24)21-12-14-3-2-10-20-11-14/h2-11,13H,12H2,1H3,(H,21,24). The first-order valence-electron chi connectivity index (χ1n) is 7.71. The Hall–Kier alpha value is -3.41. The minimum atomic E-state index is -0.258. The summed E-state index contributed by atoms with van der Waals surface area (Å²) >= 11 is 0. The van der Waals surface area contributed by atoms with Crippen molar-refractivity contribution in [2.45, 2.75) is 6.54 Å². The molecular formula is C19H17N3O3. The molecule has 2 aromatic heterocycles. The van der Waals surface area contributed by atoms with E-state index < -0.39 is 0 Å². The van der Waals surface area contributed by atoms with Crippen LogP contribution in [-0.4, -0.2) is 22.6 Å². The SMILES string of the molecule is COc1ccc(-n2cc(C(=O)NCc3cccnc3)ccc2=O)cc1. The summed E-state index contributed by atoms with van der Waals surface area (Å²) in [7, 11) is 1.58. The minimum absolute atomic E-state index is 0.214. The van der Waals surface area contributed by atoms with Crippen molar-refractivity contribution in [3.05, 3.63) is 88.6 Å². The van der Waals surface area contributed by atoms with Crippen molar-refractivity contribution in [1.82, 2.24) is 14.9 Å². The number of methoxy groups -OCH3 is 1. The number of amides is 1. The third kappa shape index (κ3) is 3.92. The number of nitrogens with one attached hydrogen (secondary N) is 1. The van der Waals surface area contributed by atoms with Gasteiger partial charge in [-0.05, 0) is 42.0 Å². The molecule has 0 aliphatic rings. The van der Waals surface area contributed by atoms with Crippen LogP contribution in [0.4, 0.5) is 0 Å². The molecule has 0 saturated carbocycles. The summed E-state index contributed by atoms with van der Waals surface area (Å²) in [6.45, 7) is 0.369. The van der Waals surface area contributed by atoms with Gasteiger partial charge in [0, 0.05) is 36.9 Å². The molecule has 0 atom stereocenters. The van der Waals surface area contributed by atoms with Gasteiger partial charge in [-0.15, -0.1) is 0 Å². The van der Waals surface area contributed by atoms with E-state index in [0.717, 1.165) is 5.56 Å². The van der Waals surface area contributed by atoms with Crippen LogP contribution in [0.1, 0.15) is 15.9 Å². The van der Waals surface area contributed by atoms with Crippen LogP contribution >= 0.6 is 0 Å². The van der Waals surface area contributed by atoms with Crippen molar-refractivity contribution in [2.75, 3.05) is 7.11 Å². The molecule has 0 radical (unpaired) electrons. The summed E-state index contributed by atoms with van der Waals surface area (Å²) in [5.41, 5.74) is 1.75. The fraction of sp³-hybridized carbons (Fsp3) is 0.105. The van der Waals surface area contributed by atoms with Crippen molar-refractivity contribution in [1.29, 1.82) is 0 Å². The number of pyridine rings is 2. The van der Waals surface area contributed by atoms with Gasteiger partial charge in [0.1, 0.15) is 5.75 Å². The highest BCUT2D eigenvalue weighted by molar-refractivity contribution is 5.93. The molecule has 3 rings (SSSR count). The Labute approximate surface area is 144 Å². The van der Waals surface area contributed by atoms with Gasteiger partial charge >= 0.3 is 0 Å². The minimum Gasteiger partial charge on any atom is -0.497 e. The van der Waals surface area contributed by atoms with Gasteiger partial charge < -0.3 is 10.1 Å². The molecule has 0 aliphatic heterocycles. The largest absolute Gasteiger partial charge is 0.497 e. The van der Waals surface area contributed by atoms with Crippen LogP contribution in [0, 0.1) is 0 Å². The van der Waals surface area contributed by atoms with Crippen LogP contribution in [0.5, 0.6) is 5.75 Å². The van der Waals surface area contributed by atoms with E-state index in [1.54, 1.807) is 43.8 Å². The summed E-state index contributed by atoms with van der Waals surface area (Å²) in [6, 6.07) is 13.6. The number of aromatic nitrogens is 2. The lowest BCUT2D eigenvalue weighted by atomic mass is 10.2. The highest BCUT2D eigenvalue weighted by Gasteiger charge is 2.09. The zero-order valence-electron chi connectivity index (χ0n) is 13.7. The van der Waals surface area contributed by atoms with E-state index in [9.17, 15) is 9.59 Å². The fourth-order valence-electron chi connectivity index (χ4n) is 2.35. The van der Waals surface area contributed by atoms with Crippen LogP contribution < -0.4 is 15.6 Å². The quantitative estimate of drug-likeness (QED) is 0.775. The maximum Gasteiger partial charge on any atom is 0.255 e. The molecule has 1 N–H and O–H groups in total. The van der Waals surface area contributed by atoms with Crippen LogP contribution in [0.25, 0.3) is 5.69 Å². The van der Waals surface area contributed by atoms with Gasteiger partial charge in [-0.1, -0.05) is 6.07 Å². The van der Waals surface area contributed by atoms with Crippen LogP contribution in [-0.2, 0) is 6.54 Å². The van der Waals surface area contributed by atoms with E-state index in [2.05, 4.69) is 10.3 Å². The van der Waals surface area contributed by atoms with Crippen molar-refractivity contribution in [3.8, 4) is 11.4 Å². The number of rotatable bonds is 5. The Morgan fingerprint density at radius 1 is 1.16 bits per heavy atom. The monoisotopic (exact) mass is 335 g/mol.